The standard InChI is InChI=1S/C70H121NO8/c1-6-8-10-12-14-16-18-20-22-24-26-27-28-29-30-31-32-33-34-35-36-37-38-39-40-41-43-45-47-49-51-53-55-57-59-61-68(73)79-66(65-78-70(69(74)75)76-63-62-71(3,4)5)64-77-67(72)60-58-56-54-52-50-48-46-44-42-25-23-21-19-17-15-13-11-9-7-2/h8-11,14-17,20-23,26-27,42,44,66,70H,6-7,12-13,18-19,24-25,28-41,43,45-65H2,1-5H3/p+1/b10-8-,11-9-,16-14-,17-15-,22-20-,23-21-,27-26-,44-42-. The lowest BCUT2D eigenvalue weighted by Crippen LogP contribution is -2.40. The van der Waals surface area contributed by atoms with Crippen LogP contribution in [0.4, 0.5) is 0 Å². The molecule has 0 heterocycles. The lowest BCUT2D eigenvalue weighted by molar-refractivity contribution is -0.870. The largest absolute Gasteiger partial charge is 0.477 e. The maximum atomic E-state index is 12.9. The lowest BCUT2D eigenvalue weighted by atomic mass is 10.0. The quantitative estimate of drug-likeness (QED) is 0.0211. The Kier molecular flexibility index (Phi) is 57.4. The van der Waals surface area contributed by atoms with E-state index in [0.29, 0.717) is 11.0 Å². The fourth-order valence-electron chi connectivity index (χ4n) is 8.94. The van der Waals surface area contributed by atoms with Crippen LogP contribution in [0.25, 0.3) is 0 Å². The molecule has 0 fully saturated rings. The third-order valence-electron chi connectivity index (χ3n) is 13.8. The first-order valence-corrected chi connectivity index (χ1v) is 32.4. The van der Waals surface area contributed by atoms with E-state index >= 15 is 0 Å². The number of unbranched alkanes of at least 4 members (excludes halogenated alkanes) is 28. The van der Waals surface area contributed by atoms with Gasteiger partial charge in [0.1, 0.15) is 13.2 Å². The van der Waals surface area contributed by atoms with E-state index in [4.69, 9.17) is 18.9 Å². The molecule has 1 N–H and O–H groups in total. The molecule has 0 aliphatic rings. The second kappa shape index (κ2) is 60.3. The molecule has 0 saturated carbocycles. The van der Waals surface area contributed by atoms with E-state index in [1.54, 1.807) is 0 Å². The Labute approximate surface area is 486 Å². The first-order chi connectivity index (χ1) is 38.6. The van der Waals surface area contributed by atoms with Crippen molar-refractivity contribution in [2.75, 3.05) is 47.5 Å². The van der Waals surface area contributed by atoms with Crippen molar-refractivity contribution < 1.29 is 42.9 Å². The topological polar surface area (TPSA) is 108 Å². The van der Waals surface area contributed by atoms with Crippen LogP contribution in [0.15, 0.2) is 97.2 Å². The van der Waals surface area contributed by atoms with Gasteiger partial charge in [0.25, 0.3) is 6.29 Å². The number of esters is 2. The molecule has 0 spiro atoms. The zero-order chi connectivity index (χ0) is 57.6. The van der Waals surface area contributed by atoms with Crippen molar-refractivity contribution >= 4 is 17.9 Å². The molecule has 2 atom stereocenters. The summed E-state index contributed by atoms with van der Waals surface area (Å²) in [7, 11) is 5.97. The number of ether oxygens (including phenoxy) is 4. The SMILES string of the molecule is CC/C=C\C/C=C\C/C=C\C/C=C\CCCCCCCCCCCCCCCCCCCCCCCCC(=O)OC(COC(=O)CCCCCCCC/C=C\C/C=C\C/C=C\C/C=C\CC)COC(OCC[N+](C)(C)C)C(=O)O. The van der Waals surface area contributed by atoms with Crippen molar-refractivity contribution in [1.29, 1.82) is 0 Å². The number of carbonyl (C=O) groups is 3. The molecule has 0 aliphatic heterocycles. The van der Waals surface area contributed by atoms with Crippen molar-refractivity contribution in [1.82, 2.24) is 0 Å². The van der Waals surface area contributed by atoms with Crippen LogP contribution in [0.3, 0.4) is 0 Å². The molecule has 2 unspecified atom stereocenters. The number of carboxylic acids is 1. The summed E-state index contributed by atoms with van der Waals surface area (Å²) in [5.74, 6) is -2.02. The van der Waals surface area contributed by atoms with E-state index in [2.05, 4.69) is 111 Å². The Morgan fingerprint density at radius 3 is 1.01 bits per heavy atom. The smallest absolute Gasteiger partial charge is 0.361 e. The first kappa shape index (κ1) is 75.2. The van der Waals surface area contributed by atoms with Gasteiger partial charge in [0.15, 0.2) is 6.10 Å². The zero-order valence-electron chi connectivity index (χ0n) is 51.8. The second-order valence-corrected chi connectivity index (χ2v) is 22.7. The van der Waals surface area contributed by atoms with E-state index in [1.165, 1.54) is 141 Å². The van der Waals surface area contributed by atoms with Crippen LogP contribution >= 0.6 is 0 Å². The summed E-state index contributed by atoms with van der Waals surface area (Å²) in [5, 5.41) is 9.72. The third-order valence-corrected chi connectivity index (χ3v) is 13.8. The summed E-state index contributed by atoms with van der Waals surface area (Å²) in [5.41, 5.74) is 0. The average Bonchev–Trinajstić information content (AvgIpc) is 3.42. The fourth-order valence-corrected chi connectivity index (χ4v) is 8.94. The number of carbonyl (C=O) groups excluding carboxylic acids is 2. The lowest BCUT2D eigenvalue weighted by Gasteiger charge is -2.25. The highest BCUT2D eigenvalue weighted by Gasteiger charge is 2.25. The number of nitrogens with zero attached hydrogens (tertiary/aromatic N) is 1. The summed E-state index contributed by atoms with van der Waals surface area (Å²) < 4.78 is 22.9. The summed E-state index contributed by atoms with van der Waals surface area (Å²) in [6.07, 6.45) is 79.4. The molecule has 0 aromatic heterocycles. The summed E-state index contributed by atoms with van der Waals surface area (Å²) in [4.78, 5) is 37.5. The summed E-state index contributed by atoms with van der Waals surface area (Å²) >= 11 is 0. The number of hydrogen-bond acceptors (Lipinski definition) is 7. The van der Waals surface area contributed by atoms with Crippen LogP contribution in [0, 0.1) is 0 Å². The fraction of sp³-hybridized carbons (Fsp3) is 0.729. The number of likely N-dealkylation sites (N-methyl/N-ethyl adjacent to an activating group) is 1. The van der Waals surface area contributed by atoms with Crippen LogP contribution < -0.4 is 0 Å². The Hall–Kier alpha value is -3.79. The van der Waals surface area contributed by atoms with Gasteiger partial charge in [-0.1, -0.05) is 265 Å². The average molecular weight is 1110 g/mol. The Balaban J connectivity index is 4.09. The van der Waals surface area contributed by atoms with Gasteiger partial charge >= 0.3 is 17.9 Å². The molecular weight excluding hydrogens is 983 g/mol. The van der Waals surface area contributed by atoms with Crippen molar-refractivity contribution in [2.45, 2.75) is 283 Å². The molecule has 454 valence electrons. The number of quaternary nitrogens is 1. The number of rotatable bonds is 59. The minimum atomic E-state index is -1.52. The Morgan fingerprint density at radius 2 is 0.684 bits per heavy atom. The molecule has 0 bridgehead atoms. The zero-order valence-corrected chi connectivity index (χ0v) is 51.8. The van der Waals surface area contributed by atoms with Crippen molar-refractivity contribution in [3.63, 3.8) is 0 Å². The normalized spacial score (nSPS) is 13.4. The van der Waals surface area contributed by atoms with Gasteiger partial charge in [0.05, 0.1) is 34.4 Å². The van der Waals surface area contributed by atoms with Crippen LogP contribution in [0.1, 0.15) is 271 Å². The highest BCUT2D eigenvalue weighted by Crippen LogP contribution is 2.17. The van der Waals surface area contributed by atoms with Crippen molar-refractivity contribution in [3.05, 3.63) is 97.2 Å². The molecule has 0 radical (unpaired) electrons. The number of hydrogen-bond donors (Lipinski definition) is 1. The monoisotopic (exact) mass is 1100 g/mol. The minimum Gasteiger partial charge on any atom is -0.477 e. The maximum absolute atomic E-state index is 12.9. The molecule has 79 heavy (non-hydrogen) atoms. The van der Waals surface area contributed by atoms with Gasteiger partial charge in [0.2, 0.25) is 0 Å². The predicted octanol–water partition coefficient (Wildman–Crippen LogP) is 19.7. The van der Waals surface area contributed by atoms with Crippen LogP contribution in [-0.2, 0) is 33.3 Å². The van der Waals surface area contributed by atoms with E-state index in [0.717, 1.165) is 103 Å². The molecule has 0 aromatic rings. The maximum Gasteiger partial charge on any atom is 0.361 e. The number of carboxylic acid groups (broad SMARTS) is 1. The predicted molar refractivity (Wildman–Crippen MR) is 336 cm³/mol. The molecule has 0 amide bonds. The molecule has 0 saturated heterocycles. The third kappa shape index (κ3) is 61.7. The van der Waals surface area contributed by atoms with Crippen molar-refractivity contribution in [3.8, 4) is 0 Å². The minimum absolute atomic E-state index is 0.183. The van der Waals surface area contributed by atoms with Gasteiger partial charge < -0.3 is 28.5 Å². The van der Waals surface area contributed by atoms with Gasteiger partial charge in [-0.05, 0) is 89.9 Å². The molecule has 9 nitrogen and oxygen atoms in total. The van der Waals surface area contributed by atoms with Gasteiger partial charge in [0, 0.05) is 12.8 Å². The Bertz CT molecular complexity index is 1620. The van der Waals surface area contributed by atoms with E-state index in [9.17, 15) is 19.5 Å². The second-order valence-electron chi connectivity index (χ2n) is 22.7. The van der Waals surface area contributed by atoms with Crippen molar-refractivity contribution in [2.24, 2.45) is 0 Å². The first-order valence-electron chi connectivity index (χ1n) is 32.4. The molecule has 9 heteroatoms. The van der Waals surface area contributed by atoms with E-state index in [-0.39, 0.29) is 38.6 Å². The molecular formula is C70H122NO8+. The highest BCUT2D eigenvalue weighted by molar-refractivity contribution is 5.71. The van der Waals surface area contributed by atoms with Gasteiger partial charge in [-0.15, -0.1) is 0 Å². The summed E-state index contributed by atoms with van der Waals surface area (Å²) in [6.45, 7) is 4.65. The highest BCUT2D eigenvalue weighted by atomic mass is 16.7. The van der Waals surface area contributed by atoms with Gasteiger partial charge in [-0.25, -0.2) is 4.79 Å². The van der Waals surface area contributed by atoms with E-state index in [1.807, 2.05) is 21.1 Å². The molecule has 0 rings (SSSR count). The van der Waals surface area contributed by atoms with Crippen LogP contribution in [0.2, 0.25) is 0 Å². The van der Waals surface area contributed by atoms with Gasteiger partial charge in [-0.2, -0.15) is 0 Å². The molecule has 0 aromatic carbocycles. The van der Waals surface area contributed by atoms with Crippen LogP contribution in [0.5, 0.6) is 0 Å². The number of allylic oxidation sites excluding steroid dienone is 16. The number of aliphatic carboxylic acids is 1. The Morgan fingerprint density at radius 1 is 0.380 bits per heavy atom. The van der Waals surface area contributed by atoms with Crippen LogP contribution in [-0.4, -0.2) is 87.4 Å². The van der Waals surface area contributed by atoms with E-state index < -0.39 is 24.3 Å². The summed E-state index contributed by atoms with van der Waals surface area (Å²) in [6, 6.07) is 0. The molecule has 0 aliphatic carbocycles. The van der Waals surface area contributed by atoms with Gasteiger partial charge in [-0.3, -0.25) is 9.59 Å².